The molecule has 146 valence electrons. The van der Waals surface area contributed by atoms with Crippen LogP contribution in [0, 0.1) is 0 Å². The van der Waals surface area contributed by atoms with Gasteiger partial charge in [-0.3, -0.25) is 0 Å². The molecular formula is C20H28N4O3. The molecule has 1 aromatic heterocycles. The van der Waals surface area contributed by atoms with Crippen LogP contribution in [0.2, 0.25) is 0 Å². The van der Waals surface area contributed by atoms with Gasteiger partial charge in [-0.25, -0.2) is 9.79 Å². The summed E-state index contributed by atoms with van der Waals surface area (Å²) in [6.07, 6.45) is 0.811. The highest BCUT2D eigenvalue weighted by Gasteiger charge is 2.08. The lowest BCUT2D eigenvalue weighted by Crippen LogP contribution is -2.38. The molecule has 0 spiro atoms. The number of aliphatic imine (C=N–C) groups is 1. The van der Waals surface area contributed by atoms with Crippen LogP contribution in [0.4, 0.5) is 0 Å². The Bertz CT molecular complexity index is 751. The van der Waals surface area contributed by atoms with Crippen molar-refractivity contribution in [3.63, 3.8) is 0 Å². The third-order valence-corrected chi connectivity index (χ3v) is 3.99. The van der Waals surface area contributed by atoms with E-state index in [1.165, 1.54) is 7.11 Å². The van der Waals surface area contributed by atoms with Gasteiger partial charge in [0.05, 0.1) is 18.4 Å². The van der Waals surface area contributed by atoms with Crippen molar-refractivity contribution in [2.24, 2.45) is 4.99 Å². The van der Waals surface area contributed by atoms with E-state index in [2.05, 4.69) is 34.6 Å². The quantitative estimate of drug-likeness (QED) is 0.421. The molecular weight excluding hydrogens is 344 g/mol. The van der Waals surface area contributed by atoms with Gasteiger partial charge in [0.15, 0.2) is 11.7 Å². The van der Waals surface area contributed by atoms with E-state index in [4.69, 9.17) is 9.26 Å². The topological polar surface area (TPSA) is 88.8 Å². The van der Waals surface area contributed by atoms with Gasteiger partial charge in [0.25, 0.3) is 0 Å². The second-order valence-electron chi connectivity index (χ2n) is 6.43. The molecule has 2 aromatic rings. The lowest BCUT2D eigenvalue weighted by molar-refractivity contribution is 0.0600. The van der Waals surface area contributed by atoms with Crippen molar-refractivity contribution < 1.29 is 14.1 Å². The first-order valence-corrected chi connectivity index (χ1v) is 9.18. The van der Waals surface area contributed by atoms with Gasteiger partial charge >= 0.3 is 5.97 Å². The summed E-state index contributed by atoms with van der Waals surface area (Å²) < 4.78 is 10.0. The first-order chi connectivity index (χ1) is 13.0. The van der Waals surface area contributed by atoms with Crippen LogP contribution in [0.3, 0.4) is 0 Å². The number of nitrogens with one attached hydrogen (secondary N) is 2. The highest BCUT2D eigenvalue weighted by atomic mass is 16.5. The number of esters is 1. The van der Waals surface area contributed by atoms with Crippen molar-refractivity contribution in [2.75, 3.05) is 20.2 Å². The van der Waals surface area contributed by atoms with Gasteiger partial charge in [-0.05, 0) is 37.0 Å². The number of hydrogen-bond acceptors (Lipinski definition) is 5. The first-order valence-electron chi connectivity index (χ1n) is 9.18. The van der Waals surface area contributed by atoms with Gasteiger partial charge in [0, 0.05) is 19.2 Å². The zero-order valence-corrected chi connectivity index (χ0v) is 16.4. The fraction of sp³-hybridized carbons (Fsp3) is 0.450. The van der Waals surface area contributed by atoms with Gasteiger partial charge in [0.2, 0.25) is 0 Å². The molecule has 0 saturated heterocycles. The largest absolute Gasteiger partial charge is 0.465 e. The van der Waals surface area contributed by atoms with Crippen LogP contribution in [0.25, 0.3) is 0 Å². The maximum absolute atomic E-state index is 11.5. The minimum atomic E-state index is -0.325. The molecule has 0 aliphatic heterocycles. The van der Waals surface area contributed by atoms with Crippen LogP contribution >= 0.6 is 0 Å². The third kappa shape index (κ3) is 6.44. The van der Waals surface area contributed by atoms with E-state index >= 15 is 0 Å². The number of guanidine groups is 1. The van der Waals surface area contributed by atoms with Gasteiger partial charge < -0.3 is 19.9 Å². The minimum absolute atomic E-state index is 0.325. The van der Waals surface area contributed by atoms with Crippen LogP contribution in [0.5, 0.6) is 0 Å². The van der Waals surface area contributed by atoms with E-state index in [1.54, 1.807) is 12.1 Å². The van der Waals surface area contributed by atoms with Crippen molar-refractivity contribution in [3.8, 4) is 0 Å². The van der Waals surface area contributed by atoms with Crippen molar-refractivity contribution in [2.45, 2.75) is 39.7 Å². The maximum Gasteiger partial charge on any atom is 0.337 e. The molecule has 0 atom stereocenters. The fourth-order valence-electron chi connectivity index (χ4n) is 2.42. The lowest BCUT2D eigenvalue weighted by atomic mass is 10.1. The number of ether oxygens (including phenoxy) is 1. The maximum atomic E-state index is 11.5. The molecule has 0 aliphatic rings. The summed E-state index contributed by atoms with van der Waals surface area (Å²) >= 11 is 0. The number of aromatic nitrogens is 1. The summed E-state index contributed by atoms with van der Waals surface area (Å²) in [5.41, 5.74) is 2.62. The highest BCUT2D eigenvalue weighted by Crippen LogP contribution is 2.14. The number of carbonyl (C=O) groups is 1. The molecule has 7 heteroatoms. The number of benzene rings is 1. The number of methoxy groups -OCH3 is 1. The molecule has 7 nitrogen and oxygen atoms in total. The molecule has 0 saturated carbocycles. The zero-order valence-electron chi connectivity index (χ0n) is 16.4. The predicted molar refractivity (Wildman–Crippen MR) is 105 cm³/mol. The second-order valence-corrected chi connectivity index (χ2v) is 6.43. The van der Waals surface area contributed by atoms with Crippen molar-refractivity contribution in [1.82, 2.24) is 15.8 Å². The number of nitrogens with zero attached hydrogens (tertiary/aromatic N) is 2. The lowest BCUT2D eigenvalue weighted by Gasteiger charge is -2.11. The van der Waals surface area contributed by atoms with E-state index in [-0.39, 0.29) is 5.97 Å². The molecule has 0 radical (unpaired) electrons. The molecule has 0 aliphatic carbocycles. The van der Waals surface area contributed by atoms with Crippen molar-refractivity contribution >= 4 is 11.9 Å². The molecule has 1 heterocycles. The Kier molecular flexibility index (Phi) is 7.85. The summed E-state index contributed by atoms with van der Waals surface area (Å²) in [6.45, 7) is 8.10. The number of carbonyl (C=O) groups excluding carboxylic acids is 1. The molecule has 0 unspecified atom stereocenters. The third-order valence-electron chi connectivity index (χ3n) is 3.99. The molecule has 0 bridgehead atoms. The fourth-order valence-corrected chi connectivity index (χ4v) is 2.42. The smallest absolute Gasteiger partial charge is 0.337 e. The normalized spacial score (nSPS) is 11.5. The first kappa shape index (κ1) is 20.5. The van der Waals surface area contributed by atoms with Crippen LogP contribution in [0.15, 0.2) is 39.8 Å². The average molecular weight is 372 g/mol. The SMILES string of the molecule is CCNC(=NCc1cc(C(C)C)no1)NCCc1ccc(C(=O)OC)cc1. The Morgan fingerprint density at radius 3 is 2.59 bits per heavy atom. The minimum Gasteiger partial charge on any atom is -0.465 e. The molecule has 27 heavy (non-hydrogen) atoms. The molecule has 1 aromatic carbocycles. The summed E-state index contributed by atoms with van der Waals surface area (Å²) in [7, 11) is 1.38. The van der Waals surface area contributed by atoms with E-state index in [0.29, 0.717) is 18.0 Å². The average Bonchev–Trinajstić information content (AvgIpc) is 3.15. The summed E-state index contributed by atoms with van der Waals surface area (Å²) in [5, 5.41) is 10.6. The molecule has 2 N–H and O–H groups in total. The van der Waals surface area contributed by atoms with Crippen LogP contribution in [0.1, 0.15) is 54.1 Å². The van der Waals surface area contributed by atoms with E-state index < -0.39 is 0 Å². The van der Waals surface area contributed by atoms with Gasteiger partial charge in [0.1, 0.15) is 6.54 Å². The van der Waals surface area contributed by atoms with E-state index in [1.807, 2.05) is 25.1 Å². The standard InChI is InChI=1S/C20H28N4O3/c1-5-21-20(23-13-17-12-18(14(2)3)24-27-17)22-11-10-15-6-8-16(9-7-15)19(25)26-4/h6-9,12,14H,5,10-11,13H2,1-4H3,(H2,21,22,23). The monoisotopic (exact) mass is 372 g/mol. The molecule has 0 fully saturated rings. The summed E-state index contributed by atoms with van der Waals surface area (Å²) in [5.74, 6) is 1.48. The summed E-state index contributed by atoms with van der Waals surface area (Å²) in [4.78, 5) is 16.0. The second kappa shape index (κ2) is 10.4. The van der Waals surface area contributed by atoms with Gasteiger partial charge in [-0.2, -0.15) is 0 Å². The Balaban J connectivity index is 1.86. The van der Waals surface area contributed by atoms with Gasteiger partial charge in [-0.1, -0.05) is 31.1 Å². The molecule has 2 rings (SSSR count). The van der Waals surface area contributed by atoms with E-state index in [0.717, 1.165) is 42.5 Å². The highest BCUT2D eigenvalue weighted by molar-refractivity contribution is 5.89. The van der Waals surface area contributed by atoms with Crippen LogP contribution in [-0.4, -0.2) is 37.3 Å². The number of rotatable bonds is 8. The Labute approximate surface area is 160 Å². The van der Waals surface area contributed by atoms with Crippen molar-refractivity contribution in [1.29, 1.82) is 0 Å². The van der Waals surface area contributed by atoms with E-state index in [9.17, 15) is 4.79 Å². The van der Waals surface area contributed by atoms with Crippen LogP contribution in [-0.2, 0) is 17.7 Å². The van der Waals surface area contributed by atoms with Gasteiger partial charge in [-0.15, -0.1) is 0 Å². The van der Waals surface area contributed by atoms with Crippen LogP contribution < -0.4 is 10.6 Å². The number of hydrogen-bond donors (Lipinski definition) is 2. The Morgan fingerprint density at radius 2 is 2.00 bits per heavy atom. The zero-order chi connectivity index (χ0) is 19.6. The Hall–Kier alpha value is -2.83. The summed E-state index contributed by atoms with van der Waals surface area (Å²) in [6, 6.07) is 9.36. The Morgan fingerprint density at radius 1 is 1.26 bits per heavy atom. The van der Waals surface area contributed by atoms with Crippen molar-refractivity contribution in [3.05, 3.63) is 52.9 Å². The molecule has 0 amide bonds. The predicted octanol–water partition coefficient (Wildman–Crippen LogP) is 2.88.